The average Bonchev–Trinajstić information content (AvgIpc) is 2.18. The number of nitro groups is 1. The molecule has 1 aromatic rings. The molecular formula is C10H11NO2S. The van der Waals surface area contributed by atoms with Gasteiger partial charge in [0, 0.05) is 11.8 Å². The van der Waals surface area contributed by atoms with Crippen LogP contribution in [0.2, 0.25) is 0 Å². The lowest BCUT2D eigenvalue weighted by Gasteiger charge is -2.00. The van der Waals surface area contributed by atoms with Crippen LogP contribution in [0.1, 0.15) is 13.8 Å². The molecule has 0 fully saturated rings. The van der Waals surface area contributed by atoms with Gasteiger partial charge in [-0.05, 0) is 19.1 Å². The number of thioether (sulfide) groups is 1. The SMILES string of the molecule is CC(Sc1ccccc1)=C(C)[N+](=O)[O-]. The van der Waals surface area contributed by atoms with E-state index in [1.54, 1.807) is 6.92 Å². The van der Waals surface area contributed by atoms with Crippen molar-refractivity contribution in [3.63, 3.8) is 0 Å². The highest BCUT2D eigenvalue weighted by atomic mass is 32.2. The van der Waals surface area contributed by atoms with E-state index in [1.165, 1.54) is 18.7 Å². The summed E-state index contributed by atoms with van der Waals surface area (Å²) in [6.45, 7) is 3.28. The van der Waals surface area contributed by atoms with Crippen molar-refractivity contribution in [2.45, 2.75) is 18.7 Å². The molecule has 4 heteroatoms. The van der Waals surface area contributed by atoms with E-state index >= 15 is 0 Å². The maximum atomic E-state index is 10.5. The van der Waals surface area contributed by atoms with E-state index in [2.05, 4.69) is 0 Å². The van der Waals surface area contributed by atoms with Crippen molar-refractivity contribution in [1.82, 2.24) is 0 Å². The predicted octanol–water partition coefficient (Wildman–Crippen LogP) is 3.31. The van der Waals surface area contributed by atoms with Gasteiger partial charge in [-0.3, -0.25) is 10.1 Å². The van der Waals surface area contributed by atoms with Gasteiger partial charge in [0.25, 0.3) is 5.70 Å². The summed E-state index contributed by atoms with van der Waals surface area (Å²) >= 11 is 1.42. The van der Waals surface area contributed by atoms with E-state index in [1.807, 2.05) is 30.3 Å². The van der Waals surface area contributed by atoms with E-state index in [9.17, 15) is 10.1 Å². The Kier molecular flexibility index (Phi) is 3.71. The molecule has 1 aromatic carbocycles. The van der Waals surface area contributed by atoms with Crippen LogP contribution in [0.3, 0.4) is 0 Å². The van der Waals surface area contributed by atoms with Crippen LogP contribution in [0.5, 0.6) is 0 Å². The van der Waals surface area contributed by atoms with Crippen LogP contribution in [-0.2, 0) is 0 Å². The van der Waals surface area contributed by atoms with E-state index in [0.29, 0.717) is 0 Å². The van der Waals surface area contributed by atoms with Crippen molar-refractivity contribution < 1.29 is 4.92 Å². The van der Waals surface area contributed by atoms with Crippen LogP contribution in [-0.4, -0.2) is 4.92 Å². The Morgan fingerprint density at radius 3 is 2.36 bits per heavy atom. The monoisotopic (exact) mass is 209 g/mol. The number of hydrogen-bond donors (Lipinski definition) is 0. The summed E-state index contributed by atoms with van der Waals surface area (Å²) in [6.07, 6.45) is 0. The van der Waals surface area contributed by atoms with Crippen LogP contribution in [0.25, 0.3) is 0 Å². The molecular weight excluding hydrogens is 198 g/mol. The molecule has 0 aliphatic carbocycles. The molecule has 0 radical (unpaired) electrons. The second kappa shape index (κ2) is 4.81. The summed E-state index contributed by atoms with van der Waals surface area (Å²) in [5, 5.41) is 10.5. The summed E-state index contributed by atoms with van der Waals surface area (Å²) in [5.41, 5.74) is 0.207. The zero-order valence-electron chi connectivity index (χ0n) is 8.06. The first-order valence-electron chi connectivity index (χ1n) is 4.16. The lowest BCUT2D eigenvalue weighted by atomic mass is 10.4. The standard InChI is InChI=1S/C10H11NO2S/c1-8(11(12)13)9(2)14-10-6-4-3-5-7-10/h3-7H,1-2H3. The van der Waals surface area contributed by atoms with Gasteiger partial charge in [-0.15, -0.1) is 0 Å². The fraction of sp³-hybridized carbons (Fsp3) is 0.200. The lowest BCUT2D eigenvalue weighted by molar-refractivity contribution is -0.424. The molecule has 0 heterocycles. The van der Waals surface area contributed by atoms with Gasteiger partial charge in [0.1, 0.15) is 0 Å². The molecule has 0 unspecified atom stereocenters. The Balaban J connectivity index is 2.80. The van der Waals surface area contributed by atoms with Gasteiger partial charge in [-0.1, -0.05) is 30.0 Å². The molecule has 0 amide bonds. The molecule has 0 bridgehead atoms. The normalized spacial score (nSPS) is 12.1. The maximum Gasteiger partial charge on any atom is 0.252 e. The van der Waals surface area contributed by atoms with Crippen LogP contribution in [0, 0.1) is 10.1 Å². The number of benzene rings is 1. The van der Waals surface area contributed by atoms with Crippen LogP contribution >= 0.6 is 11.8 Å². The molecule has 1 rings (SSSR count). The van der Waals surface area contributed by atoms with Gasteiger partial charge in [0.05, 0.1) is 9.83 Å². The van der Waals surface area contributed by atoms with Crippen LogP contribution in [0.15, 0.2) is 45.8 Å². The minimum Gasteiger partial charge on any atom is -0.259 e. The topological polar surface area (TPSA) is 43.1 Å². The molecule has 3 nitrogen and oxygen atoms in total. The number of hydrogen-bond acceptors (Lipinski definition) is 3. The average molecular weight is 209 g/mol. The molecule has 0 atom stereocenters. The van der Waals surface area contributed by atoms with Gasteiger partial charge in [-0.25, -0.2) is 0 Å². The van der Waals surface area contributed by atoms with Crippen molar-refractivity contribution in [3.8, 4) is 0 Å². The largest absolute Gasteiger partial charge is 0.259 e. The van der Waals surface area contributed by atoms with Crippen molar-refractivity contribution in [2.75, 3.05) is 0 Å². The molecule has 0 N–H and O–H groups in total. The lowest BCUT2D eigenvalue weighted by Crippen LogP contribution is -1.95. The fourth-order valence-corrected chi connectivity index (χ4v) is 1.74. The minimum absolute atomic E-state index is 0.207. The van der Waals surface area contributed by atoms with E-state index < -0.39 is 0 Å². The second-order valence-electron chi connectivity index (χ2n) is 2.81. The third kappa shape index (κ3) is 2.88. The first-order chi connectivity index (χ1) is 6.61. The highest BCUT2D eigenvalue weighted by molar-refractivity contribution is 8.03. The number of allylic oxidation sites excluding steroid dienone is 2. The summed E-state index contributed by atoms with van der Waals surface area (Å²) in [6, 6.07) is 9.61. The first kappa shape index (κ1) is 10.8. The first-order valence-corrected chi connectivity index (χ1v) is 4.97. The number of rotatable bonds is 3. The van der Waals surface area contributed by atoms with E-state index in [4.69, 9.17) is 0 Å². The Morgan fingerprint density at radius 2 is 1.86 bits per heavy atom. The quantitative estimate of drug-likeness (QED) is 0.436. The van der Waals surface area contributed by atoms with Gasteiger partial charge in [0.2, 0.25) is 0 Å². The van der Waals surface area contributed by atoms with Gasteiger partial charge >= 0.3 is 0 Å². The molecule has 74 valence electrons. The molecule has 14 heavy (non-hydrogen) atoms. The molecule has 0 saturated carbocycles. The number of nitrogens with zero attached hydrogens (tertiary/aromatic N) is 1. The van der Waals surface area contributed by atoms with Gasteiger partial charge < -0.3 is 0 Å². The van der Waals surface area contributed by atoms with Crippen molar-refractivity contribution >= 4 is 11.8 Å². The molecule has 0 aliphatic rings. The molecule has 0 aromatic heterocycles. The Bertz CT molecular complexity index is 360. The summed E-state index contributed by atoms with van der Waals surface area (Å²) in [7, 11) is 0. The molecule has 0 spiro atoms. The summed E-state index contributed by atoms with van der Waals surface area (Å²) in [4.78, 5) is 11.9. The van der Waals surface area contributed by atoms with E-state index in [0.717, 1.165) is 9.80 Å². The molecule has 0 saturated heterocycles. The highest BCUT2D eigenvalue weighted by Crippen LogP contribution is 2.27. The van der Waals surface area contributed by atoms with Gasteiger partial charge in [0.15, 0.2) is 0 Å². The third-order valence-electron chi connectivity index (χ3n) is 1.80. The molecule has 0 aliphatic heterocycles. The maximum absolute atomic E-state index is 10.5. The van der Waals surface area contributed by atoms with E-state index in [-0.39, 0.29) is 10.6 Å². The smallest absolute Gasteiger partial charge is 0.252 e. The minimum atomic E-state index is -0.356. The van der Waals surface area contributed by atoms with Crippen LogP contribution in [0.4, 0.5) is 0 Å². The zero-order valence-corrected chi connectivity index (χ0v) is 8.88. The Hall–Kier alpha value is -1.29. The Labute approximate surface area is 87.0 Å². The Morgan fingerprint density at radius 1 is 1.29 bits per heavy atom. The predicted molar refractivity (Wildman–Crippen MR) is 57.7 cm³/mol. The third-order valence-corrected chi connectivity index (χ3v) is 2.91. The van der Waals surface area contributed by atoms with Gasteiger partial charge in [-0.2, -0.15) is 0 Å². The highest BCUT2D eigenvalue weighted by Gasteiger charge is 2.08. The van der Waals surface area contributed by atoms with Crippen molar-refractivity contribution in [2.24, 2.45) is 0 Å². The van der Waals surface area contributed by atoms with Crippen molar-refractivity contribution in [1.29, 1.82) is 0 Å². The van der Waals surface area contributed by atoms with Crippen LogP contribution < -0.4 is 0 Å². The van der Waals surface area contributed by atoms with Crippen molar-refractivity contribution in [3.05, 3.63) is 51.0 Å². The fourth-order valence-electron chi connectivity index (χ4n) is 0.868. The summed E-state index contributed by atoms with van der Waals surface area (Å²) in [5.74, 6) is 0. The summed E-state index contributed by atoms with van der Waals surface area (Å²) < 4.78 is 0. The zero-order chi connectivity index (χ0) is 10.6. The second-order valence-corrected chi connectivity index (χ2v) is 4.10.